The maximum atomic E-state index is 12.9. The van der Waals surface area contributed by atoms with Gasteiger partial charge in [0, 0.05) is 38.3 Å². The van der Waals surface area contributed by atoms with Gasteiger partial charge in [-0.05, 0) is 18.0 Å². The summed E-state index contributed by atoms with van der Waals surface area (Å²) in [5.41, 5.74) is 1.17. The standard InChI is InChI=1S/C18H26N4O2S/c1-14(2)9-19-17-11-22(10-16(17)15-7-5-4-6-8-15)25(23,24)18-12-21(3)13-20-18/h4-8,12-14,16-17,19H,9-11H2,1-3H3/t16-,17+/m1/s1. The smallest absolute Gasteiger partial charge is 0.262 e. The third-order valence-corrected chi connectivity index (χ3v) is 6.31. The van der Waals surface area contributed by atoms with E-state index >= 15 is 0 Å². The average molecular weight is 362 g/mol. The lowest BCUT2D eigenvalue weighted by Crippen LogP contribution is -2.38. The van der Waals surface area contributed by atoms with Gasteiger partial charge in [0.2, 0.25) is 0 Å². The largest absolute Gasteiger partial charge is 0.339 e. The van der Waals surface area contributed by atoms with Crippen LogP contribution in [0.4, 0.5) is 0 Å². The fraction of sp³-hybridized carbons (Fsp3) is 0.500. The summed E-state index contributed by atoms with van der Waals surface area (Å²) in [4.78, 5) is 4.04. The van der Waals surface area contributed by atoms with Gasteiger partial charge in [-0.2, -0.15) is 4.31 Å². The van der Waals surface area contributed by atoms with Crippen LogP contribution < -0.4 is 5.32 Å². The van der Waals surface area contributed by atoms with Gasteiger partial charge in [-0.1, -0.05) is 44.2 Å². The first kappa shape index (κ1) is 18.1. The summed E-state index contributed by atoms with van der Waals surface area (Å²) in [5.74, 6) is 0.649. The van der Waals surface area contributed by atoms with Crippen LogP contribution in [0, 0.1) is 5.92 Å². The van der Waals surface area contributed by atoms with Crippen LogP contribution in [-0.2, 0) is 17.1 Å². The quantitative estimate of drug-likeness (QED) is 0.851. The normalized spacial score (nSPS) is 21.9. The Bertz CT molecular complexity index is 801. The van der Waals surface area contributed by atoms with E-state index in [2.05, 4.69) is 36.3 Å². The molecule has 3 rings (SSSR count). The number of nitrogens with one attached hydrogen (secondary N) is 1. The maximum Gasteiger partial charge on any atom is 0.262 e. The Labute approximate surface area is 149 Å². The number of aryl methyl sites for hydroxylation is 1. The van der Waals surface area contributed by atoms with Crippen molar-refractivity contribution in [2.24, 2.45) is 13.0 Å². The van der Waals surface area contributed by atoms with E-state index in [1.807, 2.05) is 18.2 Å². The molecule has 1 aliphatic heterocycles. The molecular formula is C18H26N4O2S. The van der Waals surface area contributed by atoms with Gasteiger partial charge in [0.25, 0.3) is 10.0 Å². The van der Waals surface area contributed by atoms with Gasteiger partial charge >= 0.3 is 0 Å². The van der Waals surface area contributed by atoms with E-state index in [0.717, 1.165) is 6.54 Å². The van der Waals surface area contributed by atoms with Crippen LogP contribution >= 0.6 is 0 Å². The zero-order valence-electron chi connectivity index (χ0n) is 15.0. The van der Waals surface area contributed by atoms with Crippen molar-refractivity contribution in [2.45, 2.75) is 30.8 Å². The van der Waals surface area contributed by atoms with Crippen molar-refractivity contribution in [2.75, 3.05) is 19.6 Å². The van der Waals surface area contributed by atoms with Crippen molar-refractivity contribution in [3.8, 4) is 0 Å². The van der Waals surface area contributed by atoms with Gasteiger partial charge in [-0.3, -0.25) is 0 Å². The van der Waals surface area contributed by atoms with Crippen LogP contribution in [0.5, 0.6) is 0 Å². The minimum absolute atomic E-state index is 0.100. The van der Waals surface area contributed by atoms with Crippen LogP contribution in [-0.4, -0.2) is 48.0 Å². The lowest BCUT2D eigenvalue weighted by Gasteiger charge is -2.21. The number of hydrogen-bond acceptors (Lipinski definition) is 4. The predicted octanol–water partition coefficient (Wildman–Crippen LogP) is 1.82. The molecular weight excluding hydrogens is 336 g/mol. The van der Waals surface area contributed by atoms with E-state index in [9.17, 15) is 8.42 Å². The fourth-order valence-electron chi connectivity index (χ4n) is 3.25. The monoisotopic (exact) mass is 362 g/mol. The topological polar surface area (TPSA) is 67.2 Å². The number of sulfonamides is 1. The molecule has 7 heteroatoms. The van der Waals surface area contributed by atoms with Gasteiger partial charge in [0.15, 0.2) is 5.03 Å². The van der Waals surface area contributed by atoms with Crippen LogP contribution in [0.25, 0.3) is 0 Å². The molecule has 1 saturated heterocycles. The predicted molar refractivity (Wildman–Crippen MR) is 97.8 cm³/mol. The Kier molecular flexibility index (Phi) is 5.27. The molecule has 2 aromatic rings. The van der Waals surface area contributed by atoms with E-state index < -0.39 is 10.0 Å². The Morgan fingerprint density at radius 2 is 1.96 bits per heavy atom. The molecule has 2 atom stereocenters. The summed E-state index contributed by atoms with van der Waals surface area (Å²) in [6, 6.07) is 10.2. The van der Waals surface area contributed by atoms with Crippen molar-refractivity contribution >= 4 is 10.0 Å². The molecule has 0 unspecified atom stereocenters. The summed E-state index contributed by atoms with van der Waals surface area (Å²) in [6.07, 6.45) is 3.08. The second kappa shape index (κ2) is 7.27. The van der Waals surface area contributed by atoms with E-state index in [4.69, 9.17) is 0 Å². The SMILES string of the molecule is CC(C)CN[C@H]1CN(S(=O)(=O)c2cn(C)cn2)C[C@@H]1c1ccccc1. The molecule has 0 aliphatic carbocycles. The van der Waals surface area contributed by atoms with Gasteiger partial charge < -0.3 is 9.88 Å². The van der Waals surface area contributed by atoms with E-state index in [0.29, 0.717) is 19.0 Å². The molecule has 1 N–H and O–H groups in total. The number of hydrogen-bond donors (Lipinski definition) is 1. The Morgan fingerprint density at radius 3 is 2.56 bits per heavy atom. The lowest BCUT2D eigenvalue weighted by molar-refractivity contribution is 0.436. The van der Waals surface area contributed by atoms with Crippen LogP contribution in [0.2, 0.25) is 0 Å². The summed E-state index contributed by atoms with van der Waals surface area (Å²) >= 11 is 0. The van der Waals surface area contributed by atoms with E-state index in [1.165, 1.54) is 11.9 Å². The highest BCUT2D eigenvalue weighted by atomic mass is 32.2. The molecule has 1 aromatic carbocycles. The average Bonchev–Trinajstić information content (AvgIpc) is 3.21. The minimum Gasteiger partial charge on any atom is -0.339 e. The number of aromatic nitrogens is 2. The zero-order valence-corrected chi connectivity index (χ0v) is 15.8. The Morgan fingerprint density at radius 1 is 1.24 bits per heavy atom. The van der Waals surface area contributed by atoms with Crippen molar-refractivity contribution in [3.05, 3.63) is 48.4 Å². The Balaban J connectivity index is 1.85. The molecule has 1 fully saturated rings. The first-order chi connectivity index (χ1) is 11.9. The van der Waals surface area contributed by atoms with Crippen molar-refractivity contribution < 1.29 is 8.42 Å². The molecule has 0 bridgehead atoms. The molecule has 6 nitrogen and oxygen atoms in total. The first-order valence-corrected chi connectivity index (χ1v) is 10.1. The highest BCUT2D eigenvalue weighted by molar-refractivity contribution is 7.89. The zero-order chi connectivity index (χ0) is 18.0. The molecule has 136 valence electrons. The number of nitrogens with zero attached hydrogens (tertiary/aromatic N) is 3. The van der Waals surface area contributed by atoms with Crippen LogP contribution in [0.15, 0.2) is 47.9 Å². The van der Waals surface area contributed by atoms with Crippen LogP contribution in [0.3, 0.4) is 0 Å². The highest BCUT2D eigenvalue weighted by Gasteiger charge is 2.40. The summed E-state index contributed by atoms with van der Waals surface area (Å²) in [5, 5.41) is 3.67. The summed E-state index contributed by atoms with van der Waals surface area (Å²) in [7, 11) is -1.80. The number of rotatable bonds is 6. The van der Waals surface area contributed by atoms with E-state index in [-0.39, 0.29) is 17.0 Å². The molecule has 0 radical (unpaired) electrons. The van der Waals surface area contributed by atoms with E-state index in [1.54, 1.807) is 22.1 Å². The first-order valence-electron chi connectivity index (χ1n) is 8.64. The van der Waals surface area contributed by atoms with Crippen molar-refractivity contribution in [3.63, 3.8) is 0 Å². The molecule has 0 saturated carbocycles. The molecule has 2 heterocycles. The van der Waals surface area contributed by atoms with Crippen LogP contribution in [0.1, 0.15) is 25.3 Å². The van der Waals surface area contributed by atoms with Gasteiger partial charge in [0.05, 0.1) is 6.33 Å². The number of imidazole rings is 1. The second-order valence-electron chi connectivity index (χ2n) is 7.13. The van der Waals surface area contributed by atoms with Crippen molar-refractivity contribution in [1.29, 1.82) is 0 Å². The maximum absolute atomic E-state index is 12.9. The molecule has 1 aliphatic rings. The van der Waals surface area contributed by atoms with Crippen molar-refractivity contribution in [1.82, 2.24) is 19.2 Å². The summed E-state index contributed by atoms with van der Waals surface area (Å²) < 4.78 is 29.1. The third-order valence-electron chi connectivity index (χ3n) is 4.59. The molecule has 1 aromatic heterocycles. The minimum atomic E-state index is -3.57. The van der Waals surface area contributed by atoms with Gasteiger partial charge in [-0.15, -0.1) is 0 Å². The van der Waals surface area contributed by atoms with Gasteiger partial charge in [-0.25, -0.2) is 13.4 Å². The molecule has 25 heavy (non-hydrogen) atoms. The lowest BCUT2D eigenvalue weighted by atomic mass is 9.94. The van der Waals surface area contributed by atoms with Gasteiger partial charge in [0.1, 0.15) is 0 Å². The fourth-order valence-corrected chi connectivity index (χ4v) is 4.71. The molecule has 0 spiro atoms. The number of benzene rings is 1. The third kappa shape index (κ3) is 3.94. The highest BCUT2D eigenvalue weighted by Crippen LogP contribution is 2.31. The Hall–Kier alpha value is -1.70. The molecule has 0 amide bonds. The summed E-state index contributed by atoms with van der Waals surface area (Å²) in [6.45, 7) is 6.11. The second-order valence-corrected chi connectivity index (χ2v) is 9.01.